The number of nitrogens with zero attached hydrogens (tertiary/aromatic N) is 4. The zero-order chi connectivity index (χ0) is 20.9. The van der Waals surface area contributed by atoms with E-state index in [1.54, 1.807) is 10.9 Å². The summed E-state index contributed by atoms with van der Waals surface area (Å²) in [6.45, 7) is 6.26. The van der Waals surface area contributed by atoms with E-state index in [9.17, 15) is 9.59 Å². The Bertz CT molecular complexity index is 992. The molecule has 1 fully saturated rings. The standard InChI is InChI=1S/C22H25N5O2S/c1-17-19(16-24-27(17)18-6-3-2-4-7-18)22(29)26-13-11-25(12-14-26)10-9-23-21(28)20-8-5-15-30-20/h2-8,15-16H,9-14H2,1H3,(H,23,28). The molecule has 0 unspecified atom stereocenters. The van der Waals surface area contributed by atoms with Crippen LogP contribution in [0.4, 0.5) is 0 Å². The zero-order valence-corrected chi connectivity index (χ0v) is 17.8. The van der Waals surface area contributed by atoms with Gasteiger partial charge >= 0.3 is 0 Å². The molecule has 8 heteroatoms. The second-order valence-electron chi connectivity index (χ2n) is 7.26. The average molecular weight is 424 g/mol. The van der Waals surface area contributed by atoms with Crippen molar-refractivity contribution in [2.24, 2.45) is 0 Å². The maximum absolute atomic E-state index is 13.0. The van der Waals surface area contributed by atoms with Crippen molar-refractivity contribution in [2.75, 3.05) is 39.3 Å². The fourth-order valence-corrected chi connectivity index (χ4v) is 4.26. The first-order valence-corrected chi connectivity index (χ1v) is 10.9. The van der Waals surface area contributed by atoms with Crippen LogP contribution in [0, 0.1) is 6.92 Å². The maximum atomic E-state index is 13.0. The summed E-state index contributed by atoms with van der Waals surface area (Å²) in [4.78, 5) is 29.9. The highest BCUT2D eigenvalue weighted by atomic mass is 32.1. The van der Waals surface area contributed by atoms with Crippen LogP contribution in [0.2, 0.25) is 0 Å². The lowest BCUT2D eigenvalue weighted by molar-refractivity contribution is 0.0637. The van der Waals surface area contributed by atoms with Gasteiger partial charge in [-0.15, -0.1) is 11.3 Å². The Morgan fingerprint density at radius 1 is 1.07 bits per heavy atom. The van der Waals surface area contributed by atoms with Gasteiger partial charge in [0.2, 0.25) is 0 Å². The number of rotatable bonds is 6. The summed E-state index contributed by atoms with van der Waals surface area (Å²) >= 11 is 1.44. The second kappa shape index (κ2) is 9.23. The molecule has 1 aromatic carbocycles. The molecule has 1 aliphatic heterocycles. The summed E-state index contributed by atoms with van der Waals surface area (Å²) in [5.74, 6) is 0.00467. The minimum atomic E-state index is -0.0234. The summed E-state index contributed by atoms with van der Waals surface area (Å²) in [5.41, 5.74) is 2.45. The van der Waals surface area contributed by atoms with E-state index in [-0.39, 0.29) is 11.8 Å². The van der Waals surface area contributed by atoms with E-state index in [4.69, 9.17) is 0 Å². The number of thiophene rings is 1. The molecule has 1 N–H and O–H groups in total. The summed E-state index contributed by atoms with van der Waals surface area (Å²) in [6, 6.07) is 13.5. The van der Waals surface area contributed by atoms with Crippen molar-refractivity contribution in [3.05, 3.63) is 70.2 Å². The summed E-state index contributed by atoms with van der Waals surface area (Å²) in [5, 5.41) is 9.27. The first-order valence-electron chi connectivity index (χ1n) is 10.1. The molecule has 2 aromatic heterocycles. The van der Waals surface area contributed by atoms with Crippen molar-refractivity contribution >= 4 is 23.2 Å². The van der Waals surface area contributed by atoms with Crippen LogP contribution in [-0.4, -0.2) is 70.7 Å². The minimum Gasteiger partial charge on any atom is -0.350 e. The first kappa shape index (κ1) is 20.3. The molecular weight excluding hydrogens is 398 g/mol. The Hall–Kier alpha value is -2.97. The van der Waals surface area contributed by atoms with Crippen LogP contribution in [-0.2, 0) is 0 Å². The zero-order valence-electron chi connectivity index (χ0n) is 17.0. The van der Waals surface area contributed by atoms with Crippen molar-refractivity contribution in [1.29, 1.82) is 0 Å². The Kier molecular flexibility index (Phi) is 6.25. The third kappa shape index (κ3) is 4.44. The molecule has 0 spiro atoms. The third-order valence-corrected chi connectivity index (χ3v) is 6.23. The molecule has 2 amide bonds. The van der Waals surface area contributed by atoms with Crippen LogP contribution in [0.3, 0.4) is 0 Å². The highest BCUT2D eigenvalue weighted by Crippen LogP contribution is 2.17. The third-order valence-electron chi connectivity index (χ3n) is 5.36. The lowest BCUT2D eigenvalue weighted by atomic mass is 10.2. The molecule has 30 heavy (non-hydrogen) atoms. The van der Waals surface area contributed by atoms with Crippen LogP contribution in [0.5, 0.6) is 0 Å². The van der Waals surface area contributed by atoms with E-state index in [0.717, 1.165) is 35.9 Å². The lowest BCUT2D eigenvalue weighted by Gasteiger charge is -2.34. The van der Waals surface area contributed by atoms with Crippen LogP contribution in [0.25, 0.3) is 5.69 Å². The molecular formula is C22H25N5O2S. The van der Waals surface area contributed by atoms with Gasteiger partial charge in [0.1, 0.15) is 0 Å². The maximum Gasteiger partial charge on any atom is 0.261 e. The van der Waals surface area contributed by atoms with Crippen LogP contribution >= 0.6 is 11.3 Å². The summed E-state index contributed by atoms with van der Waals surface area (Å²) in [6.07, 6.45) is 1.66. The normalized spacial score (nSPS) is 14.6. The van der Waals surface area contributed by atoms with Gasteiger partial charge in [0.25, 0.3) is 11.8 Å². The molecule has 1 saturated heterocycles. The molecule has 3 aromatic rings. The van der Waals surface area contributed by atoms with Crippen LogP contribution in [0.1, 0.15) is 25.7 Å². The number of para-hydroxylation sites is 1. The van der Waals surface area contributed by atoms with Gasteiger partial charge in [-0.1, -0.05) is 24.3 Å². The number of amides is 2. The number of benzene rings is 1. The van der Waals surface area contributed by atoms with E-state index in [0.29, 0.717) is 25.2 Å². The van der Waals surface area contributed by atoms with Gasteiger partial charge in [-0.25, -0.2) is 4.68 Å². The molecule has 7 nitrogen and oxygen atoms in total. The molecule has 1 aliphatic rings. The van der Waals surface area contributed by atoms with Crippen molar-refractivity contribution in [1.82, 2.24) is 24.9 Å². The number of nitrogens with one attached hydrogen (secondary N) is 1. The van der Waals surface area contributed by atoms with E-state index >= 15 is 0 Å². The largest absolute Gasteiger partial charge is 0.350 e. The van der Waals surface area contributed by atoms with E-state index in [1.165, 1.54) is 11.3 Å². The van der Waals surface area contributed by atoms with Crippen LogP contribution < -0.4 is 5.32 Å². The number of aromatic nitrogens is 2. The van der Waals surface area contributed by atoms with Gasteiger partial charge in [-0.2, -0.15) is 5.10 Å². The average Bonchev–Trinajstić information content (AvgIpc) is 3.44. The fraction of sp³-hybridized carbons (Fsp3) is 0.318. The second-order valence-corrected chi connectivity index (χ2v) is 8.21. The van der Waals surface area contributed by atoms with E-state index in [1.807, 2.05) is 59.7 Å². The van der Waals surface area contributed by atoms with Gasteiger partial charge < -0.3 is 10.2 Å². The smallest absolute Gasteiger partial charge is 0.261 e. The fourth-order valence-electron chi connectivity index (χ4n) is 3.62. The van der Waals surface area contributed by atoms with Gasteiger partial charge in [0.15, 0.2) is 0 Å². The van der Waals surface area contributed by atoms with E-state index in [2.05, 4.69) is 15.3 Å². The van der Waals surface area contributed by atoms with Gasteiger partial charge in [-0.3, -0.25) is 14.5 Å². The lowest BCUT2D eigenvalue weighted by Crippen LogP contribution is -2.50. The van der Waals surface area contributed by atoms with Crippen molar-refractivity contribution < 1.29 is 9.59 Å². The quantitative estimate of drug-likeness (QED) is 0.661. The molecule has 0 atom stereocenters. The number of piperazine rings is 1. The summed E-state index contributed by atoms with van der Waals surface area (Å²) in [7, 11) is 0. The Balaban J connectivity index is 1.28. The number of carbonyl (C=O) groups is 2. The highest BCUT2D eigenvalue weighted by Gasteiger charge is 2.25. The number of carbonyl (C=O) groups excluding carboxylic acids is 2. The predicted molar refractivity (Wildman–Crippen MR) is 117 cm³/mol. The first-order chi connectivity index (χ1) is 14.6. The SMILES string of the molecule is Cc1c(C(=O)N2CCN(CCNC(=O)c3cccs3)CC2)cnn1-c1ccccc1. The molecule has 0 aliphatic carbocycles. The Labute approximate surface area is 179 Å². The van der Waals surface area contributed by atoms with Gasteiger partial charge in [-0.05, 0) is 30.5 Å². The Morgan fingerprint density at radius 2 is 1.83 bits per heavy atom. The molecule has 0 bridgehead atoms. The molecule has 0 saturated carbocycles. The topological polar surface area (TPSA) is 70.5 Å². The van der Waals surface area contributed by atoms with Crippen molar-refractivity contribution in [2.45, 2.75) is 6.92 Å². The summed E-state index contributed by atoms with van der Waals surface area (Å²) < 4.78 is 1.81. The molecule has 0 radical (unpaired) electrons. The molecule has 3 heterocycles. The van der Waals surface area contributed by atoms with Crippen molar-refractivity contribution in [3.63, 3.8) is 0 Å². The number of hydrogen-bond acceptors (Lipinski definition) is 5. The van der Waals surface area contributed by atoms with Crippen molar-refractivity contribution in [3.8, 4) is 5.69 Å². The van der Waals surface area contributed by atoms with Gasteiger partial charge in [0, 0.05) is 39.3 Å². The monoisotopic (exact) mass is 423 g/mol. The molecule has 156 valence electrons. The van der Waals surface area contributed by atoms with Crippen LogP contribution in [0.15, 0.2) is 54.0 Å². The Morgan fingerprint density at radius 3 is 2.53 bits per heavy atom. The molecule has 4 rings (SSSR count). The van der Waals surface area contributed by atoms with E-state index < -0.39 is 0 Å². The van der Waals surface area contributed by atoms with Gasteiger partial charge in [0.05, 0.1) is 28.0 Å². The predicted octanol–water partition coefficient (Wildman–Crippen LogP) is 2.43. The number of hydrogen-bond donors (Lipinski definition) is 1. The minimum absolute atomic E-state index is 0.0234. The highest BCUT2D eigenvalue weighted by molar-refractivity contribution is 7.12.